The zero-order chi connectivity index (χ0) is 18.3. The van der Waals surface area contributed by atoms with Crippen molar-refractivity contribution in [1.29, 1.82) is 0 Å². The van der Waals surface area contributed by atoms with Crippen LogP contribution in [0.25, 0.3) is 0 Å². The van der Waals surface area contributed by atoms with E-state index in [2.05, 4.69) is 18.5 Å². The molecule has 3 nitrogen and oxygen atoms in total. The van der Waals surface area contributed by atoms with Crippen LogP contribution >= 0.6 is 0 Å². The third-order valence-electron chi connectivity index (χ3n) is 2.83. The Bertz CT molecular complexity index is 441. The molecule has 1 fully saturated rings. The maximum Gasteiger partial charge on any atom is 0.254 e. The highest BCUT2D eigenvalue weighted by Crippen LogP contribution is 2.14. The number of nitrogens with zero attached hydrogens (tertiary/aromatic N) is 1. The van der Waals surface area contributed by atoms with Gasteiger partial charge < -0.3 is 5.32 Å². The van der Waals surface area contributed by atoms with Crippen LogP contribution in [0.4, 0.5) is 0 Å². The molecule has 0 aromatic rings. The Morgan fingerprint density at radius 3 is 2.22 bits per heavy atom. The van der Waals surface area contributed by atoms with E-state index in [4.69, 9.17) is 0 Å². The molecule has 1 aliphatic rings. The maximum absolute atomic E-state index is 12.2. The fraction of sp³-hybridized carbons (Fsp3) is 0.450. The average molecular weight is 319 g/mol. The van der Waals surface area contributed by atoms with Crippen molar-refractivity contribution >= 4 is 5.91 Å². The minimum atomic E-state index is -0.0741. The summed E-state index contributed by atoms with van der Waals surface area (Å²) in [5.41, 5.74) is 1.86. The Hall–Kier alpha value is -1.87. The molecule has 1 amide bonds. The quantitative estimate of drug-likeness (QED) is 0.409. The molecule has 1 saturated heterocycles. The SMILES string of the molecule is C=C/C=C\C(=C/C)N(C=C)C(=O)/C=C(\C)CC1CN1.CC.CC. The van der Waals surface area contributed by atoms with Gasteiger partial charge in [-0.15, -0.1) is 0 Å². The van der Waals surface area contributed by atoms with Gasteiger partial charge in [-0.25, -0.2) is 0 Å². The monoisotopic (exact) mass is 318 g/mol. The minimum absolute atomic E-state index is 0.0741. The first-order valence-electron chi connectivity index (χ1n) is 8.44. The molecule has 1 heterocycles. The van der Waals surface area contributed by atoms with E-state index in [0.29, 0.717) is 6.04 Å². The lowest BCUT2D eigenvalue weighted by Gasteiger charge is -2.17. The Balaban J connectivity index is 0. The van der Waals surface area contributed by atoms with E-state index in [9.17, 15) is 4.79 Å². The van der Waals surface area contributed by atoms with E-state index in [-0.39, 0.29) is 5.91 Å². The second kappa shape index (κ2) is 15.0. The second-order valence-electron chi connectivity index (χ2n) is 4.50. The smallest absolute Gasteiger partial charge is 0.254 e. The van der Waals surface area contributed by atoms with Crippen molar-refractivity contribution in [3.8, 4) is 0 Å². The van der Waals surface area contributed by atoms with Crippen LogP contribution in [0.1, 0.15) is 48.0 Å². The zero-order valence-corrected chi connectivity index (χ0v) is 15.7. The summed E-state index contributed by atoms with van der Waals surface area (Å²) in [7, 11) is 0. The molecule has 0 bridgehead atoms. The third-order valence-corrected chi connectivity index (χ3v) is 2.83. The van der Waals surface area contributed by atoms with Crippen molar-refractivity contribution < 1.29 is 4.79 Å². The number of allylic oxidation sites excluding steroid dienone is 4. The van der Waals surface area contributed by atoms with Gasteiger partial charge in [0.1, 0.15) is 0 Å². The van der Waals surface area contributed by atoms with Crippen molar-refractivity contribution in [1.82, 2.24) is 10.2 Å². The average Bonchev–Trinajstić information content (AvgIpc) is 3.38. The van der Waals surface area contributed by atoms with Crippen LogP contribution in [0.15, 0.2) is 61.0 Å². The molecule has 130 valence electrons. The number of carbonyl (C=O) groups excluding carboxylic acids is 1. The number of amides is 1. The standard InChI is InChI=1S/C16H22N2O.2C2H6/c1-5-8-9-15(6-2)18(7-3)16(19)11-13(4)10-14-12-17-14;2*1-2/h5-9,11,14,17H,1,3,10,12H2,2,4H3;2*1-2H3/b9-8-,13-11+,15-6+;;. The molecule has 0 radical (unpaired) electrons. The van der Waals surface area contributed by atoms with Crippen molar-refractivity contribution in [2.75, 3.05) is 6.54 Å². The Kier molecular flexibility index (Phi) is 15.3. The van der Waals surface area contributed by atoms with E-state index < -0.39 is 0 Å². The Morgan fingerprint density at radius 1 is 1.26 bits per heavy atom. The number of hydrogen-bond donors (Lipinski definition) is 1. The molecule has 1 N–H and O–H groups in total. The molecule has 0 aromatic heterocycles. The van der Waals surface area contributed by atoms with Gasteiger partial charge in [0.15, 0.2) is 0 Å². The van der Waals surface area contributed by atoms with Crippen molar-refractivity contribution in [3.63, 3.8) is 0 Å². The number of hydrogen-bond acceptors (Lipinski definition) is 2. The fourth-order valence-corrected chi connectivity index (χ4v) is 1.76. The van der Waals surface area contributed by atoms with E-state index in [0.717, 1.165) is 24.2 Å². The zero-order valence-electron chi connectivity index (χ0n) is 15.7. The minimum Gasteiger partial charge on any atom is -0.311 e. The lowest BCUT2D eigenvalue weighted by Crippen LogP contribution is -2.22. The van der Waals surface area contributed by atoms with Gasteiger partial charge in [0.25, 0.3) is 5.91 Å². The lowest BCUT2D eigenvalue weighted by atomic mass is 10.1. The van der Waals surface area contributed by atoms with E-state index in [1.165, 1.54) is 11.1 Å². The van der Waals surface area contributed by atoms with Gasteiger partial charge in [0, 0.05) is 30.6 Å². The van der Waals surface area contributed by atoms with Gasteiger partial charge in [0.05, 0.1) is 0 Å². The third kappa shape index (κ3) is 10.5. The first kappa shape index (κ1) is 23.4. The van der Waals surface area contributed by atoms with Crippen molar-refractivity contribution in [2.45, 2.75) is 54.0 Å². The first-order chi connectivity index (χ1) is 11.1. The Morgan fingerprint density at radius 2 is 1.83 bits per heavy atom. The predicted molar refractivity (Wildman–Crippen MR) is 103 cm³/mol. The summed E-state index contributed by atoms with van der Waals surface area (Å²) < 4.78 is 0. The van der Waals surface area contributed by atoms with Gasteiger partial charge >= 0.3 is 0 Å². The molecule has 1 aliphatic heterocycles. The molecule has 23 heavy (non-hydrogen) atoms. The topological polar surface area (TPSA) is 42.2 Å². The number of nitrogens with one attached hydrogen (secondary N) is 1. The summed E-state index contributed by atoms with van der Waals surface area (Å²) in [6.45, 7) is 20.2. The van der Waals surface area contributed by atoms with Gasteiger partial charge in [-0.05, 0) is 26.3 Å². The van der Waals surface area contributed by atoms with Crippen molar-refractivity contribution in [3.05, 3.63) is 61.0 Å². The first-order valence-corrected chi connectivity index (χ1v) is 8.44. The number of carbonyl (C=O) groups is 1. The van der Waals surface area contributed by atoms with Crippen LogP contribution < -0.4 is 5.32 Å². The molecular formula is C20H34N2O. The summed E-state index contributed by atoms with van der Waals surface area (Å²) in [5, 5.41) is 3.22. The van der Waals surface area contributed by atoms with Gasteiger partial charge in [0.2, 0.25) is 0 Å². The van der Waals surface area contributed by atoms with E-state index in [1.54, 1.807) is 18.2 Å². The van der Waals surface area contributed by atoms with Crippen LogP contribution in [0.3, 0.4) is 0 Å². The van der Waals surface area contributed by atoms with Crippen LogP contribution in [-0.4, -0.2) is 23.4 Å². The Labute approximate surface area is 143 Å². The summed E-state index contributed by atoms with van der Waals surface area (Å²) in [5.74, 6) is -0.0741. The summed E-state index contributed by atoms with van der Waals surface area (Å²) in [6, 6.07) is 0.545. The molecule has 3 heteroatoms. The molecule has 0 spiro atoms. The maximum atomic E-state index is 12.2. The summed E-state index contributed by atoms with van der Waals surface area (Å²) >= 11 is 0. The summed E-state index contributed by atoms with van der Waals surface area (Å²) in [4.78, 5) is 13.7. The molecule has 1 unspecified atom stereocenters. The van der Waals surface area contributed by atoms with E-state index >= 15 is 0 Å². The molecule has 0 saturated carbocycles. The molecule has 0 aliphatic carbocycles. The van der Waals surface area contributed by atoms with Crippen LogP contribution in [0, 0.1) is 0 Å². The van der Waals surface area contributed by atoms with Gasteiger partial charge in [-0.2, -0.15) is 0 Å². The highest BCUT2D eigenvalue weighted by molar-refractivity contribution is 5.90. The van der Waals surface area contributed by atoms with Crippen LogP contribution in [-0.2, 0) is 4.79 Å². The molecule has 1 rings (SSSR count). The lowest BCUT2D eigenvalue weighted by molar-refractivity contribution is -0.122. The molecule has 1 atom stereocenters. The van der Waals surface area contributed by atoms with Crippen LogP contribution in [0.2, 0.25) is 0 Å². The summed E-state index contributed by atoms with van der Waals surface area (Å²) in [6.07, 6.45) is 11.3. The largest absolute Gasteiger partial charge is 0.311 e. The van der Waals surface area contributed by atoms with Gasteiger partial charge in [-0.3, -0.25) is 9.69 Å². The predicted octanol–water partition coefficient (Wildman–Crippen LogP) is 4.97. The second-order valence-corrected chi connectivity index (χ2v) is 4.50. The molecule has 0 aromatic carbocycles. The van der Waals surface area contributed by atoms with Gasteiger partial charge in [-0.1, -0.05) is 64.7 Å². The van der Waals surface area contributed by atoms with Crippen molar-refractivity contribution in [2.24, 2.45) is 0 Å². The highest BCUT2D eigenvalue weighted by Gasteiger charge is 2.20. The highest BCUT2D eigenvalue weighted by atomic mass is 16.2. The number of rotatable bonds is 7. The fourth-order valence-electron chi connectivity index (χ4n) is 1.76. The van der Waals surface area contributed by atoms with Crippen LogP contribution in [0.5, 0.6) is 0 Å². The van der Waals surface area contributed by atoms with E-state index in [1.807, 2.05) is 53.7 Å². The normalized spacial score (nSPS) is 16.5. The molecular weight excluding hydrogens is 284 g/mol.